The third kappa shape index (κ3) is 4.91. The van der Waals surface area contributed by atoms with Crippen LogP contribution >= 0.6 is 0 Å². The fraction of sp³-hybridized carbons (Fsp3) is 0.381. The zero-order valence-corrected chi connectivity index (χ0v) is 14.7. The van der Waals surface area contributed by atoms with Crippen molar-refractivity contribution in [3.8, 4) is 0 Å². The lowest BCUT2D eigenvalue weighted by molar-refractivity contribution is 0.0697. The van der Waals surface area contributed by atoms with Crippen molar-refractivity contribution < 1.29 is 9.90 Å². The van der Waals surface area contributed by atoms with Gasteiger partial charge in [0.05, 0.1) is 5.56 Å². The van der Waals surface area contributed by atoms with Crippen molar-refractivity contribution in [3.05, 3.63) is 71.3 Å². The molecule has 2 N–H and O–H groups in total. The van der Waals surface area contributed by atoms with E-state index in [2.05, 4.69) is 47.5 Å². The van der Waals surface area contributed by atoms with Gasteiger partial charge in [0, 0.05) is 31.7 Å². The summed E-state index contributed by atoms with van der Waals surface area (Å²) in [5.41, 5.74) is 2.84. The molecule has 1 fully saturated rings. The minimum absolute atomic E-state index is 0.339. The molecule has 25 heavy (non-hydrogen) atoms. The van der Waals surface area contributed by atoms with E-state index in [1.807, 2.05) is 12.1 Å². The smallest absolute Gasteiger partial charge is 0.335 e. The van der Waals surface area contributed by atoms with Gasteiger partial charge in [-0.2, -0.15) is 0 Å². The number of likely N-dealkylation sites (tertiary alicyclic amines) is 1. The number of carbonyl (C=O) groups is 1. The molecule has 2 atom stereocenters. The predicted octanol–water partition coefficient (Wildman–Crippen LogP) is 3.53. The monoisotopic (exact) mass is 338 g/mol. The van der Waals surface area contributed by atoms with Crippen LogP contribution in [0.2, 0.25) is 0 Å². The molecule has 4 heteroatoms. The molecule has 3 rings (SSSR count). The number of nitrogens with one attached hydrogen (secondary N) is 1. The number of benzene rings is 2. The van der Waals surface area contributed by atoms with E-state index in [9.17, 15) is 4.79 Å². The van der Waals surface area contributed by atoms with Gasteiger partial charge in [-0.15, -0.1) is 0 Å². The summed E-state index contributed by atoms with van der Waals surface area (Å²) in [6.07, 6.45) is 2.28. The lowest BCUT2D eigenvalue weighted by atomic mass is 9.97. The Bertz CT molecular complexity index is 685. The Morgan fingerprint density at radius 2 is 1.84 bits per heavy atom. The van der Waals surface area contributed by atoms with Crippen molar-refractivity contribution in [1.29, 1.82) is 0 Å². The molecule has 2 aromatic carbocycles. The normalized spacial score (nSPS) is 21.2. The molecule has 0 spiro atoms. The van der Waals surface area contributed by atoms with Crippen molar-refractivity contribution >= 4 is 5.97 Å². The van der Waals surface area contributed by atoms with E-state index in [-0.39, 0.29) is 0 Å². The second-order valence-corrected chi connectivity index (χ2v) is 6.91. The first-order valence-electron chi connectivity index (χ1n) is 8.95. The highest BCUT2D eigenvalue weighted by atomic mass is 16.4. The van der Waals surface area contributed by atoms with Gasteiger partial charge in [-0.05, 0) is 43.0 Å². The summed E-state index contributed by atoms with van der Waals surface area (Å²) >= 11 is 0. The first kappa shape index (κ1) is 17.6. The number of nitrogens with zero attached hydrogens (tertiary/aromatic N) is 1. The molecule has 1 aliphatic rings. The van der Waals surface area contributed by atoms with Crippen LogP contribution in [0.25, 0.3) is 0 Å². The van der Waals surface area contributed by atoms with Gasteiger partial charge in [-0.25, -0.2) is 4.79 Å². The lowest BCUT2D eigenvalue weighted by Gasteiger charge is -2.38. The number of carboxylic acids is 1. The van der Waals surface area contributed by atoms with Gasteiger partial charge in [0.1, 0.15) is 0 Å². The molecule has 132 valence electrons. The maximum Gasteiger partial charge on any atom is 0.335 e. The predicted molar refractivity (Wildman–Crippen MR) is 99.6 cm³/mol. The average Bonchev–Trinajstić information content (AvgIpc) is 2.63. The summed E-state index contributed by atoms with van der Waals surface area (Å²) in [6, 6.07) is 18.8. The van der Waals surface area contributed by atoms with Crippen LogP contribution in [-0.4, -0.2) is 34.6 Å². The minimum atomic E-state index is -0.876. The lowest BCUT2D eigenvalue weighted by Crippen LogP contribution is -2.46. The van der Waals surface area contributed by atoms with Gasteiger partial charge in [-0.1, -0.05) is 42.5 Å². The van der Waals surface area contributed by atoms with E-state index in [0.29, 0.717) is 17.6 Å². The average molecular weight is 338 g/mol. The van der Waals surface area contributed by atoms with Gasteiger partial charge in [-0.3, -0.25) is 4.90 Å². The maximum absolute atomic E-state index is 10.9. The Kier molecular flexibility index (Phi) is 5.84. The van der Waals surface area contributed by atoms with Gasteiger partial charge in [0.2, 0.25) is 0 Å². The largest absolute Gasteiger partial charge is 0.478 e. The van der Waals surface area contributed by atoms with E-state index in [1.54, 1.807) is 12.1 Å². The van der Waals surface area contributed by atoms with Crippen LogP contribution in [0.3, 0.4) is 0 Å². The van der Waals surface area contributed by atoms with Crippen LogP contribution in [0.4, 0.5) is 0 Å². The SMILES string of the molecule is CC1CC(NCc2ccc(C(=O)O)cc2)CCN1Cc1ccccc1. The molecule has 0 aliphatic carbocycles. The van der Waals surface area contributed by atoms with E-state index >= 15 is 0 Å². The van der Waals surface area contributed by atoms with Crippen molar-refractivity contribution in [2.75, 3.05) is 6.54 Å². The van der Waals surface area contributed by atoms with Crippen LogP contribution in [0.5, 0.6) is 0 Å². The number of rotatable bonds is 6. The first-order valence-corrected chi connectivity index (χ1v) is 8.95. The minimum Gasteiger partial charge on any atom is -0.478 e. The third-order valence-electron chi connectivity index (χ3n) is 5.04. The van der Waals surface area contributed by atoms with E-state index in [0.717, 1.165) is 38.0 Å². The molecular weight excluding hydrogens is 312 g/mol. The van der Waals surface area contributed by atoms with Gasteiger partial charge >= 0.3 is 5.97 Å². The molecule has 0 amide bonds. The van der Waals surface area contributed by atoms with E-state index in [4.69, 9.17) is 5.11 Å². The Hall–Kier alpha value is -2.17. The van der Waals surface area contributed by atoms with Crippen molar-refractivity contribution in [3.63, 3.8) is 0 Å². The summed E-state index contributed by atoms with van der Waals surface area (Å²) < 4.78 is 0. The molecule has 1 heterocycles. The van der Waals surface area contributed by atoms with E-state index < -0.39 is 5.97 Å². The molecule has 0 aromatic heterocycles. The summed E-state index contributed by atoms with van der Waals surface area (Å²) in [6.45, 7) is 5.21. The summed E-state index contributed by atoms with van der Waals surface area (Å²) in [7, 11) is 0. The third-order valence-corrected chi connectivity index (χ3v) is 5.04. The summed E-state index contributed by atoms with van der Waals surface area (Å²) in [4.78, 5) is 13.4. The standard InChI is InChI=1S/C21H26N2O2/c1-16-13-20(11-12-23(16)15-18-5-3-2-4-6-18)22-14-17-7-9-19(10-8-17)21(24)25/h2-10,16,20,22H,11-15H2,1H3,(H,24,25). The van der Waals surface area contributed by atoms with Gasteiger partial charge in [0.25, 0.3) is 0 Å². The fourth-order valence-corrected chi connectivity index (χ4v) is 3.49. The number of hydrogen-bond donors (Lipinski definition) is 2. The van der Waals surface area contributed by atoms with E-state index in [1.165, 1.54) is 5.56 Å². The second kappa shape index (κ2) is 8.28. The maximum atomic E-state index is 10.9. The topological polar surface area (TPSA) is 52.6 Å². The molecule has 0 saturated carbocycles. The van der Waals surface area contributed by atoms with Crippen molar-refractivity contribution in [2.45, 2.75) is 44.9 Å². The molecule has 1 aliphatic heterocycles. The van der Waals surface area contributed by atoms with Gasteiger partial charge in [0.15, 0.2) is 0 Å². The Morgan fingerprint density at radius 1 is 1.12 bits per heavy atom. The van der Waals surface area contributed by atoms with Crippen LogP contribution in [0, 0.1) is 0 Å². The van der Waals surface area contributed by atoms with Crippen LogP contribution in [0.15, 0.2) is 54.6 Å². The van der Waals surface area contributed by atoms with Crippen molar-refractivity contribution in [1.82, 2.24) is 10.2 Å². The highest BCUT2D eigenvalue weighted by Crippen LogP contribution is 2.20. The Balaban J connectivity index is 1.47. The zero-order chi connectivity index (χ0) is 17.6. The number of hydrogen-bond acceptors (Lipinski definition) is 3. The molecule has 1 saturated heterocycles. The molecule has 0 radical (unpaired) electrons. The zero-order valence-electron chi connectivity index (χ0n) is 14.7. The Morgan fingerprint density at radius 3 is 2.48 bits per heavy atom. The number of aromatic carboxylic acids is 1. The second-order valence-electron chi connectivity index (χ2n) is 6.91. The fourth-order valence-electron chi connectivity index (χ4n) is 3.49. The number of piperidine rings is 1. The quantitative estimate of drug-likeness (QED) is 0.846. The highest BCUT2D eigenvalue weighted by Gasteiger charge is 2.24. The highest BCUT2D eigenvalue weighted by molar-refractivity contribution is 5.87. The molecule has 0 bridgehead atoms. The molecule has 4 nitrogen and oxygen atoms in total. The van der Waals surface area contributed by atoms with Crippen LogP contribution in [-0.2, 0) is 13.1 Å². The first-order chi connectivity index (χ1) is 12.1. The molecular formula is C21H26N2O2. The van der Waals surface area contributed by atoms with Crippen molar-refractivity contribution in [2.24, 2.45) is 0 Å². The Labute approximate surface area is 149 Å². The number of carboxylic acid groups (broad SMARTS) is 1. The summed E-state index contributed by atoms with van der Waals surface area (Å²) in [5, 5.41) is 12.6. The van der Waals surface area contributed by atoms with Crippen LogP contribution in [0.1, 0.15) is 41.3 Å². The molecule has 2 unspecified atom stereocenters. The molecule has 2 aromatic rings. The van der Waals surface area contributed by atoms with Crippen LogP contribution < -0.4 is 5.32 Å². The summed E-state index contributed by atoms with van der Waals surface area (Å²) in [5.74, 6) is -0.876. The van der Waals surface area contributed by atoms with Gasteiger partial charge < -0.3 is 10.4 Å².